The monoisotopic (exact) mass is 414 g/mol. The van der Waals surface area contributed by atoms with Crippen molar-refractivity contribution < 1.29 is 0 Å². The summed E-state index contributed by atoms with van der Waals surface area (Å²) in [5, 5.41) is 11.3. The summed E-state index contributed by atoms with van der Waals surface area (Å²) in [4.78, 5) is 9.13. The van der Waals surface area contributed by atoms with Crippen molar-refractivity contribution in [2.45, 2.75) is 0 Å². The molecule has 0 fully saturated rings. The van der Waals surface area contributed by atoms with Gasteiger partial charge in [-0.3, -0.25) is 0 Å². The predicted octanol–water partition coefficient (Wildman–Crippen LogP) is 5.09. The number of hydrogen-bond acceptors (Lipinski definition) is 4. The van der Waals surface area contributed by atoms with Crippen molar-refractivity contribution in [2.75, 3.05) is 0 Å². The highest BCUT2D eigenvalue weighted by molar-refractivity contribution is 6.42. The molecule has 0 aliphatic carbocycles. The maximum absolute atomic E-state index is 6.13. The molecular formula is C18H9Cl3N6. The van der Waals surface area contributed by atoms with Gasteiger partial charge in [-0.2, -0.15) is 5.10 Å². The number of rotatable bonds is 2. The minimum atomic E-state index is 0.450. The van der Waals surface area contributed by atoms with Gasteiger partial charge in [-0.15, -0.1) is 5.10 Å². The van der Waals surface area contributed by atoms with Gasteiger partial charge in [0.25, 0.3) is 0 Å². The van der Waals surface area contributed by atoms with Gasteiger partial charge < -0.3 is 0 Å². The van der Waals surface area contributed by atoms with E-state index in [1.54, 1.807) is 46.0 Å². The molecule has 0 bridgehead atoms. The quantitative estimate of drug-likeness (QED) is 0.403. The van der Waals surface area contributed by atoms with Gasteiger partial charge in [0.05, 0.1) is 27.3 Å². The zero-order chi connectivity index (χ0) is 18.5. The van der Waals surface area contributed by atoms with Crippen LogP contribution in [0.3, 0.4) is 0 Å². The molecule has 0 saturated heterocycles. The van der Waals surface area contributed by atoms with Crippen LogP contribution in [-0.2, 0) is 0 Å². The van der Waals surface area contributed by atoms with Crippen molar-refractivity contribution in [1.82, 2.24) is 29.4 Å². The summed E-state index contributed by atoms with van der Waals surface area (Å²) >= 11 is 18.1. The van der Waals surface area contributed by atoms with Crippen LogP contribution in [-0.4, -0.2) is 29.4 Å². The van der Waals surface area contributed by atoms with Crippen LogP contribution in [0.4, 0.5) is 0 Å². The highest BCUT2D eigenvalue weighted by Crippen LogP contribution is 2.27. The van der Waals surface area contributed by atoms with Gasteiger partial charge in [-0.05, 0) is 42.5 Å². The molecule has 0 spiro atoms. The van der Waals surface area contributed by atoms with Crippen molar-refractivity contribution in [3.05, 3.63) is 70.1 Å². The fourth-order valence-corrected chi connectivity index (χ4v) is 3.27. The second-order valence-electron chi connectivity index (χ2n) is 5.85. The Labute approximate surface area is 167 Å². The predicted molar refractivity (Wildman–Crippen MR) is 106 cm³/mol. The maximum Gasteiger partial charge on any atom is 0.182 e. The Morgan fingerprint density at radius 2 is 1.67 bits per heavy atom. The Morgan fingerprint density at radius 1 is 0.852 bits per heavy atom. The van der Waals surface area contributed by atoms with Gasteiger partial charge in [-0.1, -0.05) is 34.8 Å². The highest BCUT2D eigenvalue weighted by Gasteiger charge is 2.15. The molecule has 3 heterocycles. The molecule has 0 aliphatic heterocycles. The molecule has 132 valence electrons. The number of fused-ring (bicyclic) bond motifs is 3. The van der Waals surface area contributed by atoms with Gasteiger partial charge in [0.1, 0.15) is 6.33 Å². The maximum atomic E-state index is 6.13. The van der Waals surface area contributed by atoms with E-state index in [1.807, 2.05) is 18.2 Å². The Bertz CT molecular complexity index is 1310. The van der Waals surface area contributed by atoms with E-state index in [-0.39, 0.29) is 0 Å². The van der Waals surface area contributed by atoms with Crippen LogP contribution in [0.25, 0.3) is 33.8 Å². The first-order valence-corrected chi connectivity index (χ1v) is 9.04. The first-order valence-electron chi connectivity index (χ1n) is 7.90. The summed E-state index contributed by atoms with van der Waals surface area (Å²) in [7, 11) is 0. The molecule has 0 N–H and O–H groups in total. The number of benzene rings is 2. The van der Waals surface area contributed by atoms with E-state index in [4.69, 9.17) is 34.8 Å². The zero-order valence-corrected chi connectivity index (χ0v) is 15.8. The summed E-state index contributed by atoms with van der Waals surface area (Å²) in [5.74, 6) is 0.586. The van der Waals surface area contributed by atoms with E-state index in [0.717, 1.165) is 16.6 Å². The van der Waals surface area contributed by atoms with E-state index in [1.165, 1.54) is 0 Å². The van der Waals surface area contributed by atoms with Gasteiger partial charge in [0.15, 0.2) is 17.1 Å². The van der Waals surface area contributed by atoms with Crippen LogP contribution in [0.2, 0.25) is 15.1 Å². The standard InChI is InChI=1S/C18H9Cl3N6/c19-11-3-1-10(2-4-11)16-24-18-13-8-23-27(17(13)22-9-26(18)25-16)12-5-6-14(20)15(21)7-12/h1-9H. The second-order valence-corrected chi connectivity index (χ2v) is 7.10. The molecule has 0 aliphatic rings. The molecule has 0 amide bonds. The first-order chi connectivity index (χ1) is 13.1. The molecule has 5 aromatic rings. The average Bonchev–Trinajstić information content (AvgIpc) is 3.28. The smallest absolute Gasteiger partial charge is 0.182 e. The molecule has 3 aromatic heterocycles. The fourth-order valence-electron chi connectivity index (χ4n) is 2.85. The largest absolute Gasteiger partial charge is 0.216 e. The van der Waals surface area contributed by atoms with E-state index in [9.17, 15) is 0 Å². The lowest BCUT2D eigenvalue weighted by molar-refractivity contribution is 0.882. The summed E-state index contributed by atoms with van der Waals surface area (Å²) in [6.45, 7) is 0. The van der Waals surface area contributed by atoms with E-state index >= 15 is 0 Å². The van der Waals surface area contributed by atoms with Crippen LogP contribution in [0, 0.1) is 0 Å². The summed E-state index contributed by atoms with van der Waals surface area (Å²) in [5.41, 5.74) is 2.94. The topological polar surface area (TPSA) is 60.9 Å². The van der Waals surface area contributed by atoms with Crippen LogP contribution in [0.15, 0.2) is 55.0 Å². The van der Waals surface area contributed by atoms with Gasteiger partial charge in [-0.25, -0.2) is 19.2 Å². The third-order valence-electron chi connectivity index (χ3n) is 4.16. The number of aromatic nitrogens is 6. The molecule has 0 unspecified atom stereocenters. The third kappa shape index (κ3) is 2.73. The lowest BCUT2D eigenvalue weighted by Crippen LogP contribution is -1.99. The van der Waals surface area contributed by atoms with Crippen molar-refractivity contribution in [3.8, 4) is 17.1 Å². The van der Waals surface area contributed by atoms with Crippen molar-refractivity contribution in [1.29, 1.82) is 0 Å². The lowest BCUT2D eigenvalue weighted by Gasteiger charge is -2.04. The molecule has 0 saturated carbocycles. The molecule has 6 nitrogen and oxygen atoms in total. The normalized spacial score (nSPS) is 11.5. The van der Waals surface area contributed by atoms with Crippen LogP contribution < -0.4 is 0 Å². The van der Waals surface area contributed by atoms with Crippen LogP contribution in [0.5, 0.6) is 0 Å². The molecule has 27 heavy (non-hydrogen) atoms. The molecule has 0 atom stereocenters. The Hall–Kier alpha value is -2.67. The minimum Gasteiger partial charge on any atom is -0.216 e. The van der Waals surface area contributed by atoms with Crippen LogP contribution in [0.1, 0.15) is 0 Å². The van der Waals surface area contributed by atoms with Crippen molar-refractivity contribution in [3.63, 3.8) is 0 Å². The summed E-state index contributed by atoms with van der Waals surface area (Å²) in [6.07, 6.45) is 3.32. The lowest BCUT2D eigenvalue weighted by atomic mass is 10.2. The number of halogens is 3. The highest BCUT2D eigenvalue weighted by atomic mass is 35.5. The minimum absolute atomic E-state index is 0.450. The van der Waals surface area contributed by atoms with E-state index in [2.05, 4.69) is 20.2 Å². The molecule has 2 aromatic carbocycles. The zero-order valence-electron chi connectivity index (χ0n) is 13.5. The number of hydrogen-bond donors (Lipinski definition) is 0. The first kappa shape index (κ1) is 16.5. The van der Waals surface area contributed by atoms with E-state index in [0.29, 0.717) is 32.2 Å². The van der Waals surface area contributed by atoms with Crippen LogP contribution >= 0.6 is 34.8 Å². The molecule has 9 heteroatoms. The van der Waals surface area contributed by atoms with Gasteiger partial charge >= 0.3 is 0 Å². The Morgan fingerprint density at radius 3 is 2.44 bits per heavy atom. The third-order valence-corrected chi connectivity index (χ3v) is 5.15. The number of nitrogens with zero attached hydrogens (tertiary/aromatic N) is 6. The average molecular weight is 416 g/mol. The van der Waals surface area contributed by atoms with Crippen molar-refractivity contribution in [2.24, 2.45) is 0 Å². The van der Waals surface area contributed by atoms with Gasteiger partial charge in [0, 0.05) is 10.6 Å². The Balaban J connectivity index is 1.68. The summed E-state index contributed by atoms with van der Waals surface area (Å²) in [6, 6.07) is 12.7. The molecular weight excluding hydrogens is 407 g/mol. The Kier molecular flexibility index (Phi) is 3.79. The molecule has 5 rings (SSSR count). The van der Waals surface area contributed by atoms with Crippen molar-refractivity contribution >= 4 is 51.5 Å². The SMILES string of the molecule is Clc1ccc(-c2nc3c4cnn(-c5ccc(Cl)c(Cl)c5)c4ncn3n2)cc1. The molecule has 0 radical (unpaired) electrons. The summed E-state index contributed by atoms with van der Waals surface area (Å²) < 4.78 is 3.32. The van der Waals surface area contributed by atoms with Gasteiger partial charge in [0.2, 0.25) is 0 Å². The fraction of sp³-hybridized carbons (Fsp3) is 0. The van der Waals surface area contributed by atoms with E-state index < -0.39 is 0 Å². The second kappa shape index (κ2) is 6.20.